The lowest BCUT2D eigenvalue weighted by Crippen LogP contribution is -2.43. The van der Waals surface area contributed by atoms with Crippen molar-refractivity contribution in [1.82, 2.24) is 8.61 Å². The van der Waals surface area contributed by atoms with Gasteiger partial charge in [0.2, 0.25) is 0 Å². The smallest absolute Gasteiger partial charge is 0.195 e. The lowest BCUT2D eigenvalue weighted by atomic mass is 10.2. The minimum absolute atomic E-state index is 0.475. The summed E-state index contributed by atoms with van der Waals surface area (Å²) in [6.07, 6.45) is 3.09. The van der Waals surface area contributed by atoms with Crippen LogP contribution in [0.3, 0.4) is 0 Å². The molecule has 0 aromatic carbocycles. The molecule has 2 rings (SSSR count). The van der Waals surface area contributed by atoms with Gasteiger partial charge in [-0.2, -0.15) is 17.0 Å². The zero-order chi connectivity index (χ0) is 13.2. The van der Waals surface area contributed by atoms with Gasteiger partial charge in [-0.3, -0.25) is 0 Å². The molecular formula is C12H20N2O2S2. The van der Waals surface area contributed by atoms with Crippen molar-refractivity contribution < 1.29 is 8.42 Å². The number of rotatable bonds is 4. The maximum Gasteiger partial charge on any atom is 0.282 e. The summed E-state index contributed by atoms with van der Waals surface area (Å²) in [5.74, 6) is 0. The first kappa shape index (κ1) is 14.0. The van der Waals surface area contributed by atoms with Crippen molar-refractivity contribution in [2.24, 2.45) is 0 Å². The van der Waals surface area contributed by atoms with E-state index in [0.29, 0.717) is 19.6 Å². The molecule has 1 aromatic rings. The quantitative estimate of drug-likeness (QED) is 0.852. The first-order chi connectivity index (χ1) is 8.51. The average molecular weight is 288 g/mol. The lowest BCUT2D eigenvalue weighted by molar-refractivity contribution is 0.314. The molecule has 0 unspecified atom stereocenters. The Labute approximate surface area is 113 Å². The Bertz CT molecular complexity index is 490. The van der Waals surface area contributed by atoms with Crippen molar-refractivity contribution in [3.8, 4) is 0 Å². The van der Waals surface area contributed by atoms with Crippen molar-refractivity contribution in [2.75, 3.05) is 20.1 Å². The van der Waals surface area contributed by atoms with Gasteiger partial charge in [0.15, 0.2) is 0 Å². The first-order valence-corrected chi connectivity index (χ1v) is 8.54. The van der Waals surface area contributed by atoms with E-state index in [-0.39, 0.29) is 0 Å². The molecule has 4 nitrogen and oxygen atoms in total. The highest BCUT2D eigenvalue weighted by atomic mass is 32.2. The van der Waals surface area contributed by atoms with Crippen molar-refractivity contribution in [1.29, 1.82) is 0 Å². The summed E-state index contributed by atoms with van der Waals surface area (Å²) >= 11 is 1.62. The van der Waals surface area contributed by atoms with E-state index in [9.17, 15) is 8.42 Å². The Morgan fingerprint density at radius 1 is 1.33 bits per heavy atom. The molecule has 6 heteroatoms. The van der Waals surface area contributed by atoms with Gasteiger partial charge in [0.05, 0.1) is 0 Å². The largest absolute Gasteiger partial charge is 0.282 e. The highest BCUT2D eigenvalue weighted by Crippen LogP contribution is 2.21. The first-order valence-electron chi connectivity index (χ1n) is 6.26. The third kappa shape index (κ3) is 2.93. The molecule has 18 heavy (non-hydrogen) atoms. The molecule has 0 N–H and O–H groups in total. The minimum Gasteiger partial charge on any atom is -0.195 e. The van der Waals surface area contributed by atoms with Gasteiger partial charge in [-0.05, 0) is 36.8 Å². The zero-order valence-corrected chi connectivity index (χ0v) is 12.6. The maximum atomic E-state index is 12.4. The predicted octanol–water partition coefficient (Wildman–Crippen LogP) is 2.22. The topological polar surface area (TPSA) is 40.6 Å². The summed E-state index contributed by atoms with van der Waals surface area (Å²) in [6.45, 7) is 3.82. The number of aryl methyl sites for hydroxylation is 1. The van der Waals surface area contributed by atoms with E-state index in [1.807, 2.05) is 18.4 Å². The van der Waals surface area contributed by atoms with Crippen LogP contribution in [0, 0.1) is 6.92 Å². The van der Waals surface area contributed by atoms with Crippen LogP contribution in [0.5, 0.6) is 0 Å². The van der Waals surface area contributed by atoms with E-state index in [1.54, 1.807) is 22.7 Å². The molecule has 0 aliphatic carbocycles. The van der Waals surface area contributed by atoms with Crippen LogP contribution in [0.4, 0.5) is 0 Å². The molecule has 0 radical (unpaired) electrons. The van der Waals surface area contributed by atoms with Crippen molar-refractivity contribution in [3.05, 3.63) is 21.9 Å². The van der Waals surface area contributed by atoms with Crippen LogP contribution in [0.1, 0.15) is 29.7 Å². The number of nitrogens with zero attached hydrogens (tertiary/aromatic N) is 2. The summed E-state index contributed by atoms with van der Waals surface area (Å²) in [7, 11) is -1.61. The summed E-state index contributed by atoms with van der Waals surface area (Å²) in [5, 5.41) is 2.01. The third-order valence-electron chi connectivity index (χ3n) is 3.37. The van der Waals surface area contributed by atoms with Gasteiger partial charge in [0.25, 0.3) is 10.2 Å². The van der Waals surface area contributed by atoms with Crippen molar-refractivity contribution in [2.45, 2.75) is 32.7 Å². The third-order valence-corrected chi connectivity index (χ3v) is 6.31. The highest BCUT2D eigenvalue weighted by Gasteiger charge is 2.28. The van der Waals surface area contributed by atoms with E-state index in [2.05, 4.69) is 0 Å². The number of hydrogen-bond acceptors (Lipinski definition) is 3. The summed E-state index contributed by atoms with van der Waals surface area (Å²) in [4.78, 5) is 1.12. The molecular weight excluding hydrogens is 268 g/mol. The average Bonchev–Trinajstić information content (AvgIpc) is 2.76. The second kappa shape index (κ2) is 5.69. The van der Waals surface area contributed by atoms with Gasteiger partial charge >= 0.3 is 0 Å². The molecule has 1 aromatic heterocycles. The number of piperidine rings is 1. The molecule has 102 valence electrons. The standard InChI is InChI=1S/C12H20N2O2S2/c1-11-6-9-17-12(11)10-13(2)18(15,16)14-7-4-3-5-8-14/h6,9H,3-5,7-8,10H2,1-2H3. The molecule has 0 bridgehead atoms. The van der Waals surface area contributed by atoms with Gasteiger partial charge in [-0.1, -0.05) is 6.42 Å². The highest BCUT2D eigenvalue weighted by molar-refractivity contribution is 7.86. The van der Waals surface area contributed by atoms with Crippen LogP contribution >= 0.6 is 11.3 Å². The fraction of sp³-hybridized carbons (Fsp3) is 0.667. The van der Waals surface area contributed by atoms with Gasteiger partial charge in [0, 0.05) is 31.6 Å². The number of hydrogen-bond donors (Lipinski definition) is 0. The van der Waals surface area contributed by atoms with Crippen LogP contribution in [-0.2, 0) is 16.8 Å². The SMILES string of the molecule is Cc1ccsc1CN(C)S(=O)(=O)N1CCCCC1. The Morgan fingerprint density at radius 2 is 2.00 bits per heavy atom. The van der Waals surface area contributed by atoms with E-state index >= 15 is 0 Å². The van der Waals surface area contributed by atoms with Crippen LogP contribution in [0.25, 0.3) is 0 Å². The Hall–Kier alpha value is -0.430. The molecule has 1 aliphatic rings. The molecule has 0 saturated carbocycles. The summed E-state index contributed by atoms with van der Waals surface area (Å²) < 4.78 is 27.8. The Morgan fingerprint density at radius 3 is 2.56 bits per heavy atom. The maximum absolute atomic E-state index is 12.4. The summed E-state index contributed by atoms with van der Waals surface area (Å²) in [5.41, 5.74) is 1.17. The Kier molecular flexibility index (Phi) is 4.42. The fourth-order valence-electron chi connectivity index (χ4n) is 2.14. The molecule has 2 heterocycles. The Balaban J connectivity index is 2.07. The molecule has 0 spiro atoms. The molecule has 0 atom stereocenters. The van der Waals surface area contributed by atoms with E-state index in [1.165, 1.54) is 9.87 Å². The normalized spacial score (nSPS) is 18.4. The van der Waals surface area contributed by atoms with Gasteiger partial charge in [-0.25, -0.2) is 0 Å². The monoisotopic (exact) mass is 288 g/mol. The van der Waals surface area contributed by atoms with Crippen LogP contribution < -0.4 is 0 Å². The second-order valence-corrected chi connectivity index (χ2v) is 7.79. The molecule has 0 amide bonds. The minimum atomic E-state index is -3.28. The lowest BCUT2D eigenvalue weighted by Gasteiger charge is -2.30. The van der Waals surface area contributed by atoms with Crippen LogP contribution in [0.15, 0.2) is 11.4 Å². The zero-order valence-electron chi connectivity index (χ0n) is 10.9. The molecule has 1 aliphatic heterocycles. The van der Waals surface area contributed by atoms with Crippen LogP contribution in [0.2, 0.25) is 0 Å². The van der Waals surface area contributed by atoms with E-state index < -0.39 is 10.2 Å². The van der Waals surface area contributed by atoms with Gasteiger partial charge in [-0.15, -0.1) is 11.3 Å². The van der Waals surface area contributed by atoms with Crippen LogP contribution in [-0.4, -0.2) is 37.2 Å². The van der Waals surface area contributed by atoms with E-state index in [0.717, 1.165) is 24.1 Å². The number of thiophene rings is 1. The van der Waals surface area contributed by atoms with Gasteiger partial charge in [0.1, 0.15) is 0 Å². The van der Waals surface area contributed by atoms with Crippen molar-refractivity contribution >= 4 is 21.5 Å². The summed E-state index contributed by atoms with van der Waals surface area (Å²) in [6, 6.07) is 2.03. The predicted molar refractivity (Wildman–Crippen MR) is 74.9 cm³/mol. The molecule has 1 saturated heterocycles. The molecule has 1 fully saturated rings. The fourth-order valence-corrected chi connectivity index (χ4v) is 4.59. The van der Waals surface area contributed by atoms with Gasteiger partial charge < -0.3 is 0 Å². The second-order valence-electron chi connectivity index (χ2n) is 4.75. The van der Waals surface area contributed by atoms with Crippen molar-refractivity contribution in [3.63, 3.8) is 0 Å². The van der Waals surface area contributed by atoms with E-state index in [4.69, 9.17) is 0 Å².